The Balaban J connectivity index is 1.90. The largest absolute Gasteiger partial charge is 0.481 e. The number of carboxylic acids is 1. The molecule has 0 unspecified atom stereocenters. The van der Waals surface area contributed by atoms with Crippen LogP contribution in [0.25, 0.3) is 0 Å². The number of likely N-dealkylation sites (N-methyl/N-ethyl adjacent to an activating group) is 1. The van der Waals surface area contributed by atoms with Crippen LogP contribution in [0, 0.1) is 5.41 Å². The fraction of sp³-hybridized carbons (Fsp3) is 0.923. The van der Waals surface area contributed by atoms with E-state index < -0.39 is 5.97 Å². The molecule has 1 aliphatic heterocycles. The van der Waals surface area contributed by atoms with Gasteiger partial charge < -0.3 is 5.11 Å². The minimum Gasteiger partial charge on any atom is -0.481 e. The van der Waals surface area contributed by atoms with E-state index in [2.05, 4.69) is 30.7 Å². The molecule has 4 nitrogen and oxygen atoms in total. The number of hydrogen-bond acceptors (Lipinski definition) is 3. The highest BCUT2D eigenvalue weighted by atomic mass is 16.4. The molecule has 2 rings (SSSR count). The maximum atomic E-state index is 10.8. The highest BCUT2D eigenvalue weighted by molar-refractivity contribution is 5.68. The number of piperazine rings is 1. The van der Waals surface area contributed by atoms with E-state index in [1.54, 1.807) is 0 Å². The van der Waals surface area contributed by atoms with Gasteiger partial charge in [-0.3, -0.25) is 14.6 Å². The van der Waals surface area contributed by atoms with E-state index in [0.29, 0.717) is 6.42 Å². The Kier molecular flexibility index (Phi) is 3.21. The van der Waals surface area contributed by atoms with Crippen LogP contribution in [0.1, 0.15) is 33.1 Å². The quantitative estimate of drug-likeness (QED) is 0.803. The van der Waals surface area contributed by atoms with E-state index in [9.17, 15) is 4.79 Å². The Morgan fingerprint density at radius 3 is 2.41 bits per heavy atom. The van der Waals surface area contributed by atoms with Crippen molar-refractivity contribution in [1.29, 1.82) is 0 Å². The van der Waals surface area contributed by atoms with Crippen LogP contribution in [-0.4, -0.2) is 59.6 Å². The van der Waals surface area contributed by atoms with E-state index in [1.807, 2.05) is 0 Å². The van der Waals surface area contributed by atoms with Crippen LogP contribution in [0.15, 0.2) is 0 Å². The summed E-state index contributed by atoms with van der Waals surface area (Å²) in [6.07, 6.45) is 2.53. The first-order valence-electron chi connectivity index (χ1n) is 6.48. The maximum absolute atomic E-state index is 10.8. The van der Waals surface area contributed by atoms with Crippen LogP contribution < -0.4 is 0 Å². The third-order valence-electron chi connectivity index (χ3n) is 4.44. The molecule has 0 aromatic heterocycles. The van der Waals surface area contributed by atoms with Crippen molar-refractivity contribution in [1.82, 2.24) is 9.80 Å². The lowest BCUT2D eigenvalue weighted by atomic mass is 9.96. The minimum absolute atomic E-state index is 0.0951. The molecule has 17 heavy (non-hydrogen) atoms. The van der Waals surface area contributed by atoms with E-state index in [4.69, 9.17) is 5.11 Å². The predicted molar refractivity (Wildman–Crippen MR) is 67.1 cm³/mol. The Morgan fingerprint density at radius 1 is 1.29 bits per heavy atom. The lowest BCUT2D eigenvalue weighted by Crippen LogP contribution is -2.58. The van der Waals surface area contributed by atoms with E-state index >= 15 is 0 Å². The molecule has 1 saturated carbocycles. The smallest absolute Gasteiger partial charge is 0.303 e. The van der Waals surface area contributed by atoms with Gasteiger partial charge in [-0.2, -0.15) is 0 Å². The van der Waals surface area contributed by atoms with Crippen molar-refractivity contribution in [2.24, 2.45) is 5.41 Å². The van der Waals surface area contributed by atoms with Crippen molar-refractivity contribution in [3.05, 3.63) is 0 Å². The monoisotopic (exact) mass is 240 g/mol. The lowest BCUT2D eigenvalue weighted by molar-refractivity contribution is -0.138. The van der Waals surface area contributed by atoms with E-state index in [1.165, 1.54) is 0 Å². The standard InChI is InChI=1S/C13H24N2O2/c1-12(2)9-15(7-6-14(12)3)10-13(4-5-13)8-11(16)17/h4-10H2,1-3H3,(H,16,17). The first-order chi connectivity index (χ1) is 7.83. The zero-order valence-electron chi connectivity index (χ0n) is 11.2. The molecule has 2 aliphatic rings. The first-order valence-corrected chi connectivity index (χ1v) is 6.48. The molecule has 1 saturated heterocycles. The summed E-state index contributed by atoms with van der Waals surface area (Å²) < 4.78 is 0. The molecule has 0 radical (unpaired) electrons. The van der Waals surface area contributed by atoms with Gasteiger partial charge in [0.05, 0.1) is 6.42 Å². The third kappa shape index (κ3) is 2.99. The summed E-state index contributed by atoms with van der Waals surface area (Å²) >= 11 is 0. The summed E-state index contributed by atoms with van der Waals surface area (Å²) in [6.45, 7) is 8.69. The molecule has 0 bridgehead atoms. The predicted octanol–water partition coefficient (Wildman–Crippen LogP) is 1.27. The summed E-state index contributed by atoms with van der Waals surface area (Å²) in [7, 11) is 2.17. The van der Waals surface area contributed by atoms with Crippen molar-refractivity contribution in [2.75, 3.05) is 33.2 Å². The van der Waals surface area contributed by atoms with Crippen molar-refractivity contribution < 1.29 is 9.90 Å². The second kappa shape index (κ2) is 4.25. The number of nitrogens with zero attached hydrogens (tertiary/aromatic N) is 2. The highest BCUT2D eigenvalue weighted by Gasteiger charge is 2.46. The number of carbonyl (C=O) groups is 1. The first kappa shape index (κ1) is 12.8. The van der Waals surface area contributed by atoms with Crippen molar-refractivity contribution >= 4 is 5.97 Å². The molecule has 0 atom stereocenters. The summed E-state index contributed by atoms with van der Waals surface area (Å²) in [6, 6.07) is 0. The molecular formula is C13H24N2O2. The Labute approximate surface area is 104 Å². The Bertz CT molecular complexity index is 311. The summed E-state index contributed by atoms with van der Waals surface area (Å²) in [5, 5.41) is 8.94. The second-order valence-corrected chi connectivity index (χ2v) is 6.52. The number of rotatable bonds is 4. The van der Waals surface area contributed by atoms with E-state index in [0.717, 1.165) is 39.0 Å². The topological polar surface area (TPSA) is 43.8 Å². The molecular weight excluding hydrogens is 216 g/mol. The number of carboxylic acid groups (broad SMARTS) is 1. The van der Waals surface area contributed by atoms with Crippen LogP contribution in [0.4, 0.5) is 0 Å². The van der Waals surface area contributed by atoms with Crippen LogP contribution in [0.3, 0.4) is 0 Å². The molecule has 0 spiro atoms. The van der Waals surface area contributed by atoms with Crippen molar-refractivity contribution in [3.63, 3.8) is 0 Å². The van der Waals surface area contributed by atoms with E-state index in [-0.39, 0.29) is 11.0 Å². The molecule has 2 fully saturated rings. The molecule has 0 aromatic carbocycles. The van der Waals surface area contributed by atoms with Gasteiger partial charge in [0.25, 0.3) is 0 Å². The van der Waals surface area contributed by atoms with Gasteiger partial charge in [-0.25, -0.2) is 0 Å². The van der Waals surface area contributed by atoms with Gasteiger partial charge in [0.2, 0.25) is 0 Å². The molecule has 1 aliphatic carbocycles. The summed E-state index contributed by atoms with van der Waals surface area (Å²) in [4.78, 5) is 15.7. The Morgan fingerprint density at radius 2 is 1.94 bits per heavy atom. The zero-order chi connectivity index (χ0) is 12.7. The SMILES string of the molecule is CN1CCN(CC2(CC(=O)O)CC2)CC1(C)C. The summed E-state index contributed by atoms with van der Waals surface area (Å²) in [5.41, 5.74) is 0.301. The van der Waals surface area contributed by atoms with Crippen LogP contribution in [0.2, 0.25) is 0 Å². The van der Waals surface area contributed by atoms with Gasteiger partial charge in [-0.1, -0.05) is 0 Å². The molecule has 1 N–H and O–H groups in total. The van der Waals surface area contributed by atoms with Gasteiger partial charge in [0.15, 0.2) is 0 Å². The zero-order valence-corrected chi connectivity index (χ0v) is 11.2. The normalized spacial score (nSPS) is 27.9. The van der Waals surface area contributed by atoms with Crippen molar-refractivity contribution in [2.45, 2.75) is 38.6 Å². The number of hydrogen-bond donors (Lipinski definition) is 1. The van der Waals surface area contributed by atoms with Crippen LogP contribution in [0.5, 0.6) is 0 Å². The molecule has 1 heterocycles. The lowest BCUT2D eigenvalue weighted by Gasteiger charge is -2.46. The van der Waals surface area contributed by atoms with Crippen LogP contribution >= 0.6 is 0 Å². The number of aliphatic carboxylic acids is 1. The highest BCUT2D eigenvalue weighted by Crippen LogP contribution is 2.49. The van der Waals surface area contributed by atoms with Gasteiger partial charge in [-0.15, -0.1) is 0 Å². The summed E-state index contributed by atoms with van der Waals surface area (Å²) in [5.74, 6) is -0.643. The molecule has 0 amide bonds. The molecule has 4 heteroatoms. The van der Waals surface area contributed by atoms with Gasteiger partial charge in [0, 0.05) is 31.7 Å². The fourth-order valence-corrected chi connectivity index (χ4v) is 2.84. The van der Waals surface area contributed by atoms with Gasteiger partial charge in [-0.05, 0) is 39.2 Å². The minimum atomic E-state index is -0.643. The molecule has 98 valence electrons. The second-order valence-electron chi connectivity index (χ2n) is 6.52. The third-order valence-corrected chi connectivity index (χ3v) is 4.44. The van der Waals surface area contributed by atoms with Gasteiger partial charge >= 0.3 is 5.97 Å². The molecule has 0 aromatic rings. The maximum Gasteiger partial charge on any atom is 0.303 e. The van der Waals surface area contributed by atoms with Crippen molar-refractivity contribution in [3.8, 4) is 0 Å². The van der Waals surface area contributed by atoms with Crippen LogP contribution in [-0.2, 0) is 4.79 Å². The average molecular weight is 240 g/mol. The van der Waals surface area contributed by atoms with Gasteiger partial charge in [0.1, 0.15) is 0 Å². The average Bonchev–Trinajstić information content (AvgIpc) is 2.90. The fourth-order valence-electron chi connectivity index (χ4n) is 2.84. The Hall–Kier alpha value is -0.610.